The largest absolute Gasteiger partial charge is 0.371 e. The van der Waals surface area contributed by atoms with E-state index in [1.807, 2.05) is 6.20 Å². The first-order chi connectivity index (χ1) is 8.79. The number of anilines is 3. The average molecular weight is 260 g/mol. The lowest BCUT2D eigenvalue weighted by Crippen LogP contribution is -2.36. The molecule has 2 heterocycles. The van der Waals surface area contributed by atoms with Gasteiger partial charge in [-0.25, -0.2) is 4.98 Å². The zero-order chi connectivity index (χ0) is 12.5. The smallest absolute Gasteiger partial charge is 0.190 e. The molecule has 0 atom stereocenters. The maximum Gasteiger partial charge on any atom is 0.190 e. The Balaban J connectivity index is 2.01. The van der Waals surface area contributed by atoms with Gasteiger partial charge in [0.1, 0.15) is 0 Å². The zero-order valence-corrected chi connectivity index (χ0v) is 11.2. The number of benzene rings is 1. The number of rotatable bonds is 2. The Bertz CT molecular complexity index is 551. The molecular weight excluding hydrogens is 244 g/mol. The van der Waals surface area contributed by atoms with Gasteiger partial charge >= 0.3 is 0 Å². The number of aromatic nitrogens is 1. The third kappa shape index (κ3) is 1.85. The summed E-state index contributed by atoms with van der Waals surface area (Å²) >= 11 is 1.68. The molecule has 1 aliphatic rings. The van der Waals surface area contributed by atoms with Gasteiger partial charge in [0.2, 0.25) is 0 Å². The number of nitrogens with two attached hydrogens (primary N) is 1. The number of para-hydroxylation sites is 2. The number of nitrogens with zero attached hydrogens (tertiary/aromatic N) is 3. The third-order valence-corrected chi connectivity index (χ3v) is 4.26. The number of thiazole rings is 1. The van der Waals surface area contributed by atoms with Crippen LogP contribution in [0.5, 0.6) is 0 Å². The molecule has 1 aromatic heterocycles. The van der Waals surface area contributed by atoms with E-state index < -0.39 is 0 Å². The quantitative estimate of drug-likeness (QED) is 0.899. The fourth-order valence-corrected chi connectivity index (χ4v) is 3.05. The lowest BCUT2D eigenvalue weighted by atomic mass is 10.2. The van der Waals surface area contributed by atoms with Crippen LogP contribution in [0.3, 0.4) is 0 Å². The predicted octanol–water partition coefficient (Wildman–Crippen LogP) is 2.19. The Kier molecular flexibility index (Phi) is 2.93. The summed E-state index contributed by atoms with van der Waals surface area (Å²) in [7, 11) is 2.13. The molecule has 1 aromatic carbocycles. The maximum atomic E-state index is 5.65. The minimum absolute atomic E-state index is 0.563. The third-order valence-electron chi connectivity index (χ3n) is 3.22. The fourth-order valence-electron chi connectivity index (χ4n) is 2.22. The van der Waals surface area contributed by atoms with Crippen LogP contribution in [0.15, 0.2) is 30.5 Å². The van der Waals surface area contributed by atoms with Crippen molar-refractivity contribution in [1.82, 2.24) is 4.98 Å². The van der Waals surface area contributed by atoms with Crippen molar-refractivity contribution < 1.29 is 0 Å². The topological polar surface area (TPSA) is 45.4 Å². The van der Waals surface area contributed by atoms with E-state index in [-0.39, 0.29) is 0 Å². The summed E-state index contributed by atoms with van der Waals surface area (Å²) < 4.78 is 0. The highest BCUT2D eigenvalue weighted by molar-refractivity contribution is 7.15. The SMILES string of the molecule is CN1CCN(c2ncc(CN)s2)c2ccccc21. The summed E-state index contributed by atoms with van der Waals surface area (Å²) in [6, 6.07) is 8.45. The molecule has 0 aliphatic carbocycles. The summed E-state index contributed by atoms with van der Waals surface area (Å²) in [6.07, 6.45) is 1.88. The molecule has 0 amide bonds. The van der Waals surface area contributed by atoms with Crippen molar-refractivity contribution in [1.29, 1.82) is 0 Å². The van der Waals surface area contributed by atoms with Gasteiger partial charge in [-0.15, -0.1) is 11.3 Å². The molecule has 94 valence electrons. The molecule has 0 saturated carbocycles. The van der Waals surface area contributed by atoms with Crippen LogP contribution in [0.1, 0.15) is 4.88 Å². The van der Waals surface area contributed by atoms with Gasteiger partial charge < -0.3 is 15.5 Å². The highest BCUT2D eigenvalue weighted by Gasteiger charge is 2.22. The summed E-state index contributed by atoms with van der Waals surface area (Å²) in [6.45, 7) is 2.53. The summed E-state index contributed by atoms with van der Waals surface area (Å²) in [5.41, 5.74) is 8.14. The first-order valence-electron chi connectivity index (χ1n) is 6.02. The van der Waals surface area contributed by atoms with Crippen molar-refractivity contribution in [3.8, 4) is 0 Å². The molecule has 5 heteroatoms. The van der Waals surface area contributed by atoms with Crippen LogP contribution in [-0.4, -0.2) is 25.1 Å². The number of fused-ring (bicyclic) bond motifs is 1. The number of hydrogen-bond acceptors (Lipinski definition) is 5. The normalized spacial score (nSPS) is 14.8. The van der Waals surface area contributed by atoms with E-state index in [0.717, 1.165) is 23.1 Å². The molecule has 0 saturated heterocycles. The Hall–Kier alpha value is -1.59. The van der Waals surface area contributed by atoms with Crippen molar-refractivity contribution in [2.24, 2.45) is 5.73 Å². The molecule has 0 spiro atoms. The van der Waals surface area contributed by atoms with Crippen molar-refractivity contribution in [3.05, 3.63) is 35.3 Å². The molecule has 0 bridgehead atoms. The molecule has 18 heavy (non-hydrogen) atoms. The molecule has 1 aliphatic heterocycles. The lowest BCUT2D eigenvalue weighted by Gasteiger charge is -2.35. The van der Waals surface area contributed by atoms with Gasteiger partial charge in [-0.1, -0.05) is 12.1 Å². The van der Waals surface area contributed by atoms with Crippen molar-refractivity contribution in [2.75, 3.05) is 29.9 Å². The number of likely N-dealkylation sites (N-methyl/N-ethyl adjacent to an activating group) is 1. The van der Waals surface area contributed by atoms with Crippen LogP contribution in [-0.2, 0) is 6.54 Å². The zero-order valence-electron chi connectivity index (χ0n) is 10.3. The van der Waals surface area contributed by atoms with Gasteiger partial charge in [-0.2, -0.15) is 0 Å². The minimum atomic E-state index is 0.563. The van der Waals surface area contributed by atoms with E-state index in [9.17, 15) is 0 Å². The molecule has 3 rings (SSSR count). The minimum Gasteiger partial charge on any atom is -0.371 e. The summed E-state index contributed by atoms with van der Waals surface area (Å²) in [5, 5.41) is 1.04. The highest BCUT2D eigenvalue weighted by atomic mass is 32.1. The van der Waals surface area contributed by atoms with Crippen molar-refractivity contribution in [2.45, 2.75) is 6.54 Å². The molecule has 2 N–H and O–H groups in total. The molecule has 0 unspecified atom stereocenters. The van der Waals surface area contributed by atoms with Crippen LogP contribution in [0.25, 0.3) is 0 Å². The van der Waals surface area contributed by atoms with Crippen LogP contribution >= 0.6 is 11.3 Å². The van der Waals surface area contributed by atoms with Crippen molar-refractivity contribution >= 4 is 27.8 Å². The molecular formula is C13H16N4S. The van der Waals surface area contributed by atoms with Gasteiger partial charge in [0, 0.05) is 37.8 Å². The first kappa shape index (κ1) is 11.5. The lowest BCUT2D eigenvalue weighted by molar-refractivity contribution is 0.819. The summed E-state index contributed by atoms with van der Waals surface area (Å²) in [5.74, 6) is 0. The molecule has 0 radical (unpaired) electrons. The van der Waals surface area contributed by atoms with Crippen LogP contribution < -0.4 is 15.5 Å². The second-order valence-corrected chi connectivity index (χ2v) is 5.47. The van der Waals surface area contributed by atoms with Gasteiger partial charge in [-0.05, 0) is 12.1 Å². The molecule has 0 fully saturated rings. The highest BCUT2D eigenvalue weighted by Crippen LogP contribution is 2.38. The Morgan fingerprint density at radius 2 is 2.06 bits per heavy atom. The molecule has 4 nitrogen and oxygen atoms in total. The van der Waals surface area contributed by atoms with Gasteiger partial charge in [0.05, 0.1) is 11.4 Å². The van der Waals surface area contributed by atoms with E-state index >= 15 is 0 Å². The number of hydrogen-bond donors (Lipinski definition) is 1. The fraction of sp³-hybridized carbons (Fsp3) is 0.308. The van der Waals surface area contributed by atoms with Gasteiger partial charge in [0.15, 0.2) is 5.13 Å². The van der Waals surface area contributed by atoms with E-state index in [1.54, 1.807) is 11.3 Å². The maximum absolute atomic E-state index is 5.65. The van der Waals surface area contributed by atoms with Crippen molar-refractivity contribution in [3.63, 3.8) is 0 Å². The monoisotopic (exact) mass is 260 g/mol. The predicted molar refractivity (Wildman–Crippen MR) is 76.7 cm³/mol. The second kappa shape index (κ2) is 4.59. The first-order valence-corrected chi connectivity index (χ1v) is 6.83. The average Bonchev–Trinajstić information content (AvgIpc) is 2.88. The van der Waals surface area contributed by atoms with Crippen LogP contribution in [0, 0.1) is 0 Å². The second-order valence-electron chi connectivity index (χ2n) is 4.38. The van der Waals surface area contributed by atoms with E-state index in [0.29, 0.717) is 6.54 Å². The van der Waals surface area contributed by atoms with E-state index in [4.69, 9.17) is 5.73 Å². The Morgan fingerprint density at radius 1 is 1.28 bits per heavy atom. The Morgan fingerprint density at radius 3 is 2.78 bits per heavy atom. The Labute approximate surface area is 111 Å². The standard InChI is InChI=1S/C13H16N4S/c1-16-6-7-17(12-5-3-2-4-11(12)16)13-15-9-10(8-14)18-13/h2-5,9H,6-8,14H2,1H3. The van der Waals surface area contributed by atoms with E-state index in [1.165, 1.54) is 11.4 Å². The van der Waals surface area contributed by atoms with Crippen LogP contribution in [0.2, 0.25) is 0 Å². The summed E-state index contributed by atoms with van der Waals surface area (Å²) in [4.78, 5) is 10.2. The van der Waals surface area contributed by atoms with Gasteiger partial charge in [-0.3, -0.25) is 0 Å². The van der Waals surface area contributed by atoms with Crippen LogP contribution in [0.4, 0.5) is 16.5 Å². The molecule has 2 aromatic rings. The van der Waals surface area contributed by atoms with E-state index in [2.05, 4.69) is 46.1 Å². The van der Waals surface area contributed by atoms with Gasteiger partial charge in [0.25, 0.3) is 0 Å².